The van der Waals surface area contributed by atoms with Crippen LogP contribution in [0.25, 0.3) is 0 Å². The Kier molecular flexibility index (Phi) is 6.96. The fraction of sp³-hybridized carbons (Fsp3) is 0.143. The molecule has 9 nitrogen and oxygen atoms in total. The van der Waals surface area contributed by atoms with Crippen molar-refractivity contribution in [3.63, 3.8) is 0 Å². The normalized spacial score (nSPS) is 10.6. The Morgan fingerprint density at radius 3 is 2.36 bits per heavy atom. The number of anilines is 4. The van der Waals surface area contributed by atoms with Gasteiger partial charge in [-0.05, 0) is 30.7 Å². The SMILES string of the molecule is CNC(=O)c1cnc(Nc2cc(C)c(F)cn2)cc1Nc1cccc(C(N)=O)c1OC(F)F. The molecule has 0 atom stereocenters. The Bertz CT molecular complexity index is 1210. The van der Waals surface area contributed by atoms with Crippen molar-refractivity contribution >= 4 is 34.8 Å². The lowest BCUT2D eigenvalue weighted by Crippen LogP contribution is -2.20. The molecule has 0 spiro atoms. The van der Waals surface area contributed by atoms with Gasteiger partial charge < -0.3 is 26.4 Å². The molecule has 2 amide bonds. The van der Waals surface area contributed by atoms with Crippen LogP contribution in [0.2, 0.25) is 0 Å². The first-order valence-corrected chi connectivity index (χ1v) is 9.45. The maximum atomic E-state index is 13.5. The smallest absolute Gasteiger partial charge is 0.387 e. The van der Waals surface area contributed by atoms with E-state index in [1.54, 1.807) is 6.92 Å². The molecule has 0 bridgehead atoms. The highest BCUT2D eigenvalue weighted by Crippen LogP contribution is 2.34. The molecule has 3 rings (SSSR count). The molecule has 0 radical (unpaired) electrons. The van der Waals surface area contributed by atoms with E-state index in [1.807, 2.05) is 0 Å². The van der Waals surface area contributed by atoms with E-state index in [0.717, 1.165) is 6.20 Å². The number of ether oxygens (including phenoxy) is 1. The van der Waals surface area contributed by atoms with Crippen molar-refractivity contribution in [3.8, 4) is 5.75 Å². The third kappa shape index (κ3) is 5.47. The fourth-order valence-corrected chi connectivity index (χ4v) is 2.87. The molecule has 1 aromatic carbocycles. The van der Waals surface area contributed by atoms with Crippen molar-refractivity contribution in [2.75, 3.05) is 17.7 Å². The van der Waals surface area contributed by atoms with Gasteiger partial charge in [-0.3, -0.25) is 9.59 Å². The summed E-state index contributed by atoms with van der Waals surface area (Å²) in [5, 5.41) is 8.14. The zero-order valence-corrected chi connectivity index (χ0v) is 17.4. The Morgan fingerprint density at radius 2 is 1.73 bits per heavy atom. The van der Waals surface area contributed by atoms with Gasteiger partial charge in [0, 0.05) is 19.3 Å². The predicted molar refractivity (Wildman–Crippen MR) is 115 cm³/mol. The molecule has 2 heterocycles. The second-order valence-corrected chi connectivity index (χ2v) is 6.69. The van der Waals surface area contributed by atoms with Crippen molar-refractivity contribution in [1.82, 2.24) is 15.3 Å². The van der Waals surface area contributed by atoms with Crippen molar-refractivity contribution in [2.45, 2.75) is 13.5 Å². The van der Waals surface area contributed by atoms with Crippen LogP contribution in [0.15, 0.2) is 42.7 Å². The lowest BCUT2D eigenvalue weighted by atomic mass is 10.1. The van der Waals surface area contributed by atoms with Gasteiger partial charge in [0.05, 0.1) is 28.7 Å². The number of primary amides is 1. The van der Waals surface area contributed by atoms with Crippen LogP contribution in [0.1, 0.15) is 26.3 Å². The zero-order chi connectivity index (χ0) is 24.1. The quantitative estimate of drug-likeness (QED) is 0.405. The first-order chi connectivity index (χ1) is 15.7. The minimum Gasteiger partial charge on any atom is -0.432 e. The number of carbonyl (C=O) groups is 2. The van der Waals surface area contributed by atoms with Crippen LogP contribution in [0.3, 0.4) is 0 Å². The van der Waals surface area contributed by atoms with Crippen LogP contribution in [-0.4, -0.2) is 35.4 Å². The number of pyridine rings is 2. The molecule has 0 aliphatic heterocycles. The topological polar surface area (TPSA) is 131 Å². The zero-order valence-electron chi connectivity index (χ0n) is 17.4. The lowest BCUT2D eigenvalue weighted by molar-refractivity contribution is -0.0496. The second-order valence-electron chi connectivity index (χ2n) is 6.69. The number of alkyl halides is 2. The summed E-state index contributed by atoms with van der Waals surface area (Å²) >= 11 is 0. The molecular weight excluding hydrogens is 441 g/mol. The van der Waals surface area contributed by atoms with Gasteiger partial charge in [-0.1, -0.05) is 6.07 Å². The minimum atomic E-state index is -3.23. The number of aromatic nitrogens is 2. The summed E-state index contributed by atoms with van der Waals surface area (Å²) in [7, 11) is 1.41. The number of hydrogen-bond donors (Lipinski definition) is 4. The first kappa shape index (κ1) is 23.3. The van der Waals surface area contributed by atoms with Crippen LogP contribution >= 0.6 is 0 Å². The number of nitrogens with two attached hydrogens (primary N) is 1. The van der Waals surface area contributed by atoms with Gasteiger partial charge in [0.2, 0.25) is 0 Å². The number of aryl methyl sites for hydroxylation is 1. The number of hydrogen-bond acceptors (Lipinski definition) is 7. The van der Waals surface area contributed by atoms with Crippen molar-refractivity contribution in [2.24, 2.45) is 5.73 Å². The molecule has 172 valence electrons. The number of amides is 2. The Labute approximate surface area is 186 Å². The summed E-state index contributed by atoms with van der Waals surface area (Å²) in [5.41, 5.74) is 5.53. The molecule has 0 unspecified atom stereocenters. The Hall–Kier alpha value is -4.35. The van der Waals surface area contributed by atoms with Gasteiger partial charge in [-0.15, -0.1) is 0 Å². The van der Waals surface area contributed by atoms with Gasteiger partial charge >= 0.3 is 6.61 Å². The number of nitrogens with one attached hydrogen (secondary N) is 3. The van der Waals surface area contributed by atoms with E-state index in [4.69, 9.17) is 5.73 Å². The highest BCUT2D eigenvalue weighted by Gasteiger charge is 2.20. The van der Waals surface area contributed by atoms with E-state index < -0.39 is 30.0 Å². The van der Waals surface area contributed by atoms with Crippen LogP contribution in [0.4, 0.5) is 36.2 Å². The summed E-state index contributed by atoms with van der Waals surface area (Å²) < 4.78 is 44.0. The maximum Gasteiger partial charge on any atom is 0.387 e. The number of halogens is 3. The first-order valence-electron chi connectivity index (χ1n) is 9.45. The standard InChI is InChI=1S/C21H19F3N6O3/c1-10-6-16(28-9-13(10)22)30-17-7-15(12(8-27-17)20(32)26-2)29-14-5-3-4-11(19(25)31)18(14)33-21(23)24/h3-9,21H,1-2H3,(H2,25,31)(H,26,32)(H2,27,28,29,30). The molecule has 3 aromatic rings. The molecule has 0 saturated carbocycles. The van der Waals surface area contributed by atoms with Crippen molar-refractivity contribution in [3.05, 3.63) is 65.2 Å². The van der Waals surface area contributed by atoms with Crippen LogP contribution < -0.4 is 26.4 Å². The molecule has 33 heavy (non-hydrogen) atoms. The molecule has 12 heteroatoms. The molecule has 0 fully saturated rings. The van der Waals surface area contributed by atoms with E-state index in [0.29, 0.717) is 5.56 Å². The minimum absolute atomic E-state index is 0.0374. The average Bonchev–Trinajstić information content (AvgIpc) is 2.76. The number of benzene rings is 1. The van der Waals surface area contributed by atoms with Crippen molar-refractivity contribution in [1.29, 1.82) is 0 Å². The predicted octanol–water partition coefficient (Wildman–Crippen LogP) is 3.47. The van der Waals surface area contributed by atoms with Gasteiger partial charge in [0.1, 0.15) is 17.5 Å². The lowest BCUT2D eigenvalue weighted by Gasteiger charge is -2.17. The van der Waals surface area contributed by atoms with Gasteiger partial charge in [-0.2, -0.15) is 8.78 Å². The van der Waals surface area contributed by atoms with Crippen LogP contribution in [0, 0.1) is 12.7 Å². The Balaban J connectivity index is 2.04. The summed E-state index contributed by atoms with van der Waals surface area (Å²) in [4.78, 5) is 32.1. The largest absolute Gasteiger partial charge is 0.432 e. The van der Waals surface area contributed by atoms with E-state index in [1.165, 1.54) is 43.6 Å². The van der Waals surface area contributed by atoms with E-state index in [2.05, 4.69) is 30.7 Å². The van der Waals surface area contributed by atoms with Gasteiger partial charge in [0.15, 0.2) is 5.75 Å². The summed E-state index contributed by atoms with van der Waals surface area (Å²) in [6, 6.07) is 6.88. The van der Waals surface area contributed by atoms with E-state index in [-0.39, 0.29) is 34.1 Å². The third-order valence-electron chi connectivity index (χ3n) is 4.44. The number of rotatable bonds is 8. The van der Waals surface area contributed by atoms with Gasteiger partial charge in [-0.25, -0.2) is 14.4 Å². The second kappa shape index (κ2) is 9.85. The molecule has 0 aliphatic rings. The summed E-state index contributed by atoms with van der Waals surface area (Å²) in [6.07, 6.45) is 2.28. The highest BCUT2D eigenvalue weighted by molar-refractivity contribution is 6.02. The van der Waals surface area contributed by atoms with Crippen LogP contribution in [0.5, 0.6) is 5.75 Å². The van der Waals surface area contributed by atoms with Crippen molar-refractivity contribution < 1.29 is 27.5 Å². The number of para-hydroxylation sites is 1. The fourth-order valence-electron chi connectivity index (χ4n) is 2.87. The molecule has 2 aromatic heterocycles. The maximum absolute atomic E-state index is 13.5. The van der Waals surface area contributed by atoms with E-state index in [9.17, 15) is 22.8 Å². The summed E-state index contributed by atoms with van der Waals surface area (Å²) in [6.45, 7) is -1.67. The van der Waals surface area contributed by atoms with E-state index >= 15 is 0 Å². The Morgan fingerprint density at radius 1 is 1.03 bits per heavy atom. The third-order valence-corrected chi connectivity index (χ3v) is 4.44. The monoisotopic (exact) mass is 460 g/mol. The number of carbonyl (C=O) groups excluding carboxylic acids is 2. The molecule has 5 N–H and O–H groups in total. The molecule has 0 saturated heterocycles. The molecule has 0 aliphatic carbocycles. The number of nitrogens with zero attached hydrogens (tertiary/aromatic N) is 2. The summed E-state index contributed by atoms with van der Waals surface area (Å²) in [5.74, 6) is -1.95. The molecular formula is C21H19F3N6O3. The van der Waals surface area contributed by atoms with Crippen LogP contribution in [-0.2, 0) is 0 Å². The van der Waals surface area contributed by atoms with Gasteiger partial charge in [0.25, 0.3) is 11.8 Å². The average molecular weight is 460 g/mol. The highest BCUT2D eigenvalue weighted by atomic mass is 19.3.